The number of benzene rings is 7. The van der Waals surface area contributed by atoms with Gasteiger partial charge in [-0.3, -0.25) is 0 Å². The average Bonchev–Trinajstić information content (AvgIpc) is 3.78. The minimum absolute atomic E-state index is 0.913. The summed E-state index contributed by atoms with van der Waals surface area (Å²) in [7, 11) is 0. The number of aromatic nitrogens is 1. The predicted octanol–water partition coefficient (Wildman–Crippen LogP) is 12.4. The summed E-state index contributed by atoms with van der Waals surface area (Å²) in [6.07, 6.45) is 0. The highest BCUT2D eigenvalue weighted by atomic mass is 32.1. The highest BCUT2D eigenvalue weighted by Crippen LogP contribution is 2.42. The molecule has 0 N–H and O–H groups in total. The molecule has 0 atom stereocenters. The third-order valence-electron chi connectivity index (χ3n) is 9.23. The zero-order valence-electron chi connectivity index (χ0n) is 24.2. The molecule has 10 aromatic rings. The molecule has 0 saturated heterocycles. The first-order valence-corrected chi connectivity index (χ1v) is 16.1. The summed E-state index contributed by atoms with van der Waals surface area (Å²) in [5, 5.41) is 7.45. The van der Waals surface area contributed by atoms with E-state index in [0.29, 0.717) is 0 Å². The van der Waals surface area contributed by atoms with Crippen molar-refractivity contribution in [1.29, 1.82) is 0 Å². The molecular formula is C42H25NOS. The first kappa shape index (κ1) is 24.8. The van der Waals surface area contributed by atoms with E-state index in [1.54, 1.807) is 0 Å². The lowest BCUT2D eigenvalue weighted by Crippen LogP contribution is -1.94. The van der Waals surface area contributed by atoms with Gasteiger partial charge in [0.05, 0.1) is 16.4 Å². The smallest absolute Gasteiger partial charge is 0.137 e. The molecule has 0 saturated carbocycles. The van der Waals surface area contributed by atoms with Gasteiger partial charge >= 0.3 is 0 Å². The van der Waals surface area contributed by atoms with Crippen LogP contribution in [-0.2, 0) is 0 Å². The van der Waals surface area contributed by atoms with E-state index in [4.69, 9.17) is 4.42 Å². The molecule has 210 valence electrons. The Balaban J connectivity index is 1.08. The molecule has 7 aromatic carbocycles. The maximum atomic E-state index is 6.29. The summed E-state index contributed by atoms with van der Waals surface area (Å²) < 4.78 is 11.4. The van der Waals surface area contributed by atoms with E-state index in [0.717, 1.165) is 27.6 Å². The van der Waals surface area contributed by atoms with Crippen molar-refractivity contribution >= 4 is 75.3 Å². The Hall–Kier alpha value is -5.64. The van der Waals surface area contributed by atoms with Crippen molar-refractivity contribution in [3.8, 4) is 27.9 Å². The summed E-state index contributed by atoms with van der Waals surface area (Å²) in [4.78, 5) is 0. The number of fused-ring (bicyclic) bond motifs is 10. The maximum absolute atomic E-state index is 6.29. The van der Waals surface area contributed by atoms with Gasteiger partial charge < -0.3 is 8.98 Å². The molecule has 45 heavy (non-hydrogen) atoms. The summed E-state index contributed by atoms with van der Waals surface area (Å²) in [6.45, 7) is 0. The number of rotatable bonds is 3. The lowest BCUT2D eigenvalue weighted by Gasteiger charge is -2.11. The van der Waals surface area contributed by atoms with E-state index in [-0.39, 0.29) is 0 Å². The third-order valence-corrected chi connectivity index (χ3v) is 10.5. The first-order valence-electron chi connectivity index (χ1n) is 15.3. The van der Waals surface area contributed by atoms with Crippen molar-refractivity contribution in [2.45, 2.75) is 0 Å². The van der Waals surface area contributed by atoms with Crippen molar-refractivity contribution in [2.75, 3.05) is 0 Å². The Labute approximate surface area is 263 Å². The molecule has 0 unspecified atom stereocenters. The average molecular weight is 592 g/mol. The van der Waals surface area contributed by atoms with Crippen molar-refractivity contribution in [1.82, 2.24) is 4.57 Å². The van der Waals surface area contributed by atoms with Gasteiger partial charge in [0.25, 0.3) is 0 Å². The zero-order valence-corrected chi connectivity index (χ0v) is 25.0. The molecule has 0 aliphatic carbocycles. The second-order valence-electron chi connectivity index (χ2n) is 11.7. The number of para-hydroxylation sites is 2. The SMILES string of the molecule is c1ccc2c(c1)oc1ccc3c4ccccc4n(-c4ccc(-c5ccc(-c6cccc7c6sc6ccccc67)cc5)cc4)c3c12. The molecule has 10 rings (SSSR count). The van der Waals surface area contributed by atoms with Gasteiger partial charge in [-0.1, -0.05) is 109 Å². The highest BCUT2D eigenvalue weighted by molar-refractivity contribution is 7.26. The summed E-state index contributed by atoms with van der Waals surface area (Å²) >= 11 is 1.88. The number of thiophene rings is 1. The summed E-state index contributed by atoms with van der Waals surface area (Å²) in [6, 6.07) is 54.7. The summed E-state index contributed by atoms with van der Waals surface area (Å²) in [5.74, 6) is 0. The Morgan fingerprint density at radius 2 is 1.11 bits per heavy atom. The van der Waals surface area contributed by atoms with Crippen LogP contribution in [0.4, 0.5) is 0 Å². The van der Waals surface area contributed by atoms with E-state index in [1.165, 1.54) is 64.2 Å². The Morgan fingerprint density at radius 3 is 1.96 bits per heavy atom. The second kappa shape index (κ2) is 9.43. The van der Waals surface area contributed by atoms with E-state index >= 15 is 0 Å². The maximum Gasteiger partial charge on any atom is 0.137 e. The van der Waals surface area contributed by atoms with E-state index in [1.807, 2.05) is 17.4 Å². The molecule has 2 nitrogen and oxygen atoms in total. The van der Waals surface area contributed by atoms with Gasteiger partial charge in [0.2, 0.25) is 0 Å². The van der Waals surface area contributed by atoms with Gasteiger partial charge in [-0.15, -0.1) is 11.3 Å². The molecule has 0 fully saturated rings. The number of nitrogens with zero attached hydrogens (tertiary/aromatic N) is 1. The molecular weight excluding hydrogens is 567 g/mol. The van der Waals surface area contributed by atoms with Crippen LogP contribution in [0.15, 0.2) is 156 Å². The van der Waals surface area contributed by atoms with Crippen molar-refractivity contribution in [3.05, 3.63) is 152 Å². The Kier molecular flexibility index (Phi) is 5.19. The monoisotopic (exact) mass is 591 g/mol. The van der Waals surface area contributed by atoms with Crippen LogP contribution in [0.2, 0.25) is 0 Å². The third kappa shape index (κ3) is 3.62. The van der Waals surface area contributed by atoms with Crippen molar-refractivity contribution in [2.24, 2.45) is 0 Å². The number of furan rings is 1. The molecule has 0 aliphatic heterocycles. The minimum atomic E-state index is 0.913. The fourth-order valence-corrected chi connectivity index (χ4v) is 8.39. The minimum Gasteiger partial charge on any atom is -0.456 e. The van der Waals surface area contributed by atoms with Crippen molar-refractivity contribution < 1.29 is 4.42 Å². The van der Waals surface area contributed by atoms with Crippen LogP contribution in [0.5, 0.6) is 0 Å². The lowest BCUT2D eigenvalue weighted by molar-refractivity contribution is 0.669. The molecule has 3 heteroatoms. The van der Waals surface area contributed by atoms with Crippen LogP contribution in [0, 0.1) is 0 Å². The Bertz CT molecular complexity index is 2740. The molecule has 3 aromatic heterocycles. The van der Waals surface area contributed by atoms with E-state index in [2.05, 4.69) is 150 Å². The van der Waals surface area contributed by atoms with Crippen LogP contribution in [0.1, 0.15) is 0 Å². The van der Waals surface area contributed by atoms with Crippen LogP contribution in [0.25, 0.3) is 91.9 Å². The van der Waals surface area contributed by atoms with Gasteiger partial charge in [0.15, 0.2) is 0 Å². The summed E-state index contributed by atoms with van der Waals surface area (Å²) in [5.41, 5.74) is 10.3. The van der Waals surface area contributed by atoms with Gasteiger partial charge in [-0.25, -0.2) is 0 Å². The number of hydrogen-bond acceptors (Lipinski definition) is 2. The fourth-order valence-electron chi connectivity index (χ4n) is 7.15. The van der Waals surface area contributed by atoms with E-state index in [9.17, 15) is 0 Å². The predicted molar refractivity (Wildman–Crippen MR) is 192 cm³/mol. The van der Waals surface area contributed by atoms with Gasteiger partial charge in [0, 0.05) is 42.0 Å². The van der Waals surface area contributed by atoms with Crippen LogP contribution < -0.4 is 0 Å². The molecule has 0 spiro atoms. The zero-order chi connectivity index (χ0) is 29.5. The van der Waals surface area contributed by atoms with Gasteiger partial charge in [0.1, 0.15) is 11.2 Å². The molecule has 0 bridgehead atoms. The fraction of sp³-hybridized carbons (Fsp3) is 0. The molecule has 0 aliphatic rings. The topological polar surface area (TPSA) is 18.1 Å². The lowest BCUT2D eigenvalue weighted by atomic mass is 9.99. The first-order chi connectivity index (χ1) is 22.3. The van der Waals surface area contributed by atoms with Gasteiger partial charge in [-0.2, -0.15) is 0 Å². The standard InChI is InChI=1S/C42H25NOS/c1-4-13-36-31(8-1)33-24-25-38-40(35-10-2-5-14-37(35)44-38)41(33)43(36)29-22-20-27(21-23-29)26-16-18-28(19-17-26)30-11-7-12-34-32-9-3-6-15-39(32)45-42(30)34/h1-25H. The molecule has 0 radical (unpaired) electrons. The molecule has 3 heterocycles. The number of hydrogen-bond donors (Lipinski definition) is 0. The van der Waals surface area contributed by atoms with E-state index < -0.39 is 0 Å². The Morgan fingerprint density at radius 1 is 0.444 bits per heavy atom. The quantitative estimate of drug-likeness (QED) is 0.200. The van der Waals surface area contributed by atoms with Crippen LogP contribution >= 0.6 is 11.3 Å². The second-order valence-corrected chi connectivity index (χ2v) is 12.7. The van der Waals surface area contributed by atoms with Crippen LogP contribution in [-0.4, -0.2) is 4.57 Å². The molecule has 0 amide bonds. The van der Waals surface area contributed by atoms with Crippen molar-refractivity contribution in [3.63, 3.8) is 0 Å². The largest absolute Gasteiger partial charge is 0.456 e. The normalized spacial score (nSPS) is 12.0. The van der Waals surface area contributed by atoms with Crippen LogP contribution in [0.3, 0.4) is 0 Å². The highest BCUT2D eigenvalue weighted by Gasteiger charge is 2.19. The van der Waals surface area contributed by atoms with Gasteiger partial charge in [-0.05, 0) is 64.7 Å².